The molecule has 1 unspecified atom stereocenters. The average Bonchev–Trinajstić information content (AvgIpc) is 2.92. The fraction of sp³-hybridized carbons (Fsp3) is 0.176. The maximum absolute atomic E-state index is 12.2. The average molecular weight is 399 g/mol. The second kappa shape index (κ2) is 7.52. The molecule has 0 aliphatic carbocycles. The first-order valence-electron chi connectivity index (χ1n) is 7.51. The van der Waals surface area contributed by atoms with Crippen molar-refractivity contribution in [2.75, 3.05) is 16.8 Å². The molecule has 25 heavy (non-hydrogen) atoms. The third kappa shape index (κ3) is 4.37. The number of hydrogen-bond acceptors (Lipinski definition) is 2. The second-order valence-electron chi connectivity index (χ2n) is 5.61. The monoisotopic (exact) mass is 397 g/mol. The Balaban J connectivity index is 1.60. The molecule has 8 heteroatoms. The van der Waals surface area contributed by atoms with E-state index in [0.717, 1.165) is 5.69 Å². The highest BCUT2D eigenvalue weighted by Crippen LogP contribution is 2.25. The van der Waals surface area contributed by atoms with Gasteiger partial charge in [-0.25, -0.2) is 4.79 Å². The van der Waals surface area contributed by atoms with Crippen molar-refractivity contribution in [1.29, 1.82) is 0 Å². The van der Waals surface area contributed by atoms with Gasteiger partial charge >= 0.3 is 6.03 Å². The molecule has 0 saturated carbocycles. The summed E-state index contributed by atoms with van der Waals surface area (Å²) < 4.78 is 0. The molecule has 1 aliphatic rings. The quantitative estimate of drug-likeness (QED) is 0.795. The van der Waals surface area contributed by atoms with Crippen molar-refractivity contribution in [2.24, 2.45) is 0 Å². The molecular formula is C17H14Cl3N3O2. The van der Waals surface area contributed by atoms with E-state index in [1.165, 1.54) is 0 Å². The van der Waals surface area contributed by atoms with Gasteiger partial charge in [-0.3, -0.25) is 4.79 Å². The van der Waals surface area contributed by atoms with Crippen LogP contribution >= 0.6 is 34.8 Å². The van der Waals surface area contributed by atoms with Crippen molar-refractivity contribution >= 4 is 58.1 Å². The highest BCUT2D eigenvalue weighted by atomic mass is 35.5. The molecule has 2 aromatic carbocycles. The van der Waals surface area contributed by atoms with Crippen LogP contribution in [0.1, 0.15) is 6.42 Å². The number of benzene rings is 2. The molecule has 5 nitrogen and oxygen atoms in total. The lowest BCUT2D eigenvalue weighted by Gasteiger charge is -2.17. The number of nitrogens with one attached hydrogen (secondary N) is 2. The van der Waals surface area contributed by atoms with Crippen LogP contribution in [0.4, 0.5) is 16.2 Å². The molecule has 1 fully saturated rings. The van der Waals surface area contributed by atoms with E-state index in [2.05, 4.69) is 10.6 Å². The van der Waals surface area contributed by atoms with Crippen molar-refractivity contribution in [3.05, 3.63) is 57.5 Å². The Labute approximate surface area is 159 Å². The first-order valence-corrected chi connectivity index (χ1v) is 8.64. The standard InChI is InChI=1S/C17H14Cl3N3O2/c18-10-1-4-13(5-2-10)23-9-12(8-16(23)24)22-17(25)21-11-3-6-14(19)15(20)7-11/h1-7,12H,8-9H2,(H2,21,22,25). The Hall–Kier alpha value is -1.95. The van der Waals surface area contributed by atoms with Crippen molar-refractivity contribution in [1.82, 2.24) is 5.32 Å². The van der Waals surface area contributed by atoms with Crippen LogP contribution in [0.5, 0.6) is 0 Å². The molecule has 2 aromatic rings. The molecule has 3 amide bonds. The maximum atomic E-state index is 12.2. The van der Waals surface area contributed by atoms with Gasteiger partial charge < -0.3 is 15.5 Å². The number of amides is 3. The zero-order chi connectivity index (χ0) is 18.0. The minimum absolute atomic E-state index is 0.0536. The second-order valence-corrected chi connectivity index (χ2v) is 6.86. The van der Waals surface area contributed by atoms with Gasteiger partial charge in [-0.2, -0.15) is 0 Å². The van der Waals surface area contributed by atoms with Crippen molar-refractivity contribution in [2.45, 2.75) is 12.5 Å². The predicted molar refractivity (Wildman–Crippen MR) is 101 cm³/mol. The number of carbonyl (C=O) groups excluding carboxylic acids is 2. The molecule has 0 spiro atoms. The minimum Gasteiger partial charge on any atom is -0.333 e. The Morgan fingerprint density at radius 3 is 2.44 bits per heavy atom. The van der Waals surface area contributed by atoms with Gasteiger partial charge in [-0.15, -0.1) is 0 Å². The highest BCUT2D eigenvalue weighted by Gasteiger charge is 2.31. The Kier molecular flexibility index (Phi) is 5.37. The fourth-order valence-electron chi connectivity index (χ4n) is 2.60. The van der Waals surface area contributed by atoms with Crippen LogP contribution in [-0.2, 0) is 4.79 Å². The van der Waals surface area contributed by atoms with E-state index >= 15 is 0 Å². The molecular weight excluding hydrogens is 385 g/mol. The largest absolute Gasteiger partial charge is 0.333 e. The van der Waals surface area contributed by atoms with Gasteiger partial charge in [0, 0.05) is 29.4 Å². The Morgan fingerprint density at radius 1 is 1.04 bits per heavy atom. The molecule has 1 atom stereocenters. The number of hydrogen-bond donors (Lipinski definition) is 2. The van der Waals surface area contributed by atoms with E-state index in [1.54, 1.807) is 47.4 Å². The van der Waals surface area contributed by atoms with Crippen molar-refractivity contribution < 1.29 is 9.59 Å². The molecule has 0 radical (unpaired) electrons. The van der Waals surface area contributed by atoms with Gasteiger partial charge in [0.25, 0.3) is 0 Å². The highest BCUT2D eigenvalue weighted by molar-refractivity contribution is 6.42. The van der Waals surface area contributed by atoms with E-state index in [1.807, 2.05) is 0 Å². The fourth-order valence-corrected chi connectivity index (χ4v) is 3.03. The summed E-state index contributed by atoms with van der Waals surface area (Å²) in [6.45, 7) is 0.398. The van der Waals surface area contributed by atoms with Gasteiger partial charge in [0.15, 0.2) is 0 Å². The molecule has 1 aliphatic heterocycles. The smallest absolute Gasteiger partial charge is 0.319 e. The van der Waals surface area contributed by atoms with Gasteiger partial charge in [-0.05, 0) is 42.5 Å². The van der Waals surface area contributed by atoms with Crippen LogP contribution < -0.4 is 15.5 Å². The first-order chi connectivity index (χ1) is 11.9. The summed E-state index contributed by atoms with van der Waals surface area (Å²) in [6, 6.07) is 11.1. The number of nitrogens with zero attached hydrogens (tertiary/aromatic N) is 1. The third-order valence-corrected chi connectivity index (χ3v) is 4.77. The number of rotatable bonds is 3. The van der Waals surface area contributed by atoms with E-state index in [4.69, 9.17) is 34.8 Å². The van der Waals surface area contributed by atoms with E-state index in [0.29, 0.717) is 27.3 Å². The van der Waals surface area contributed by atoms with Gasteiger partial charge in [0.2, 0.25) is 5.91 Å². The summed E-state index contributed by atoms with van der Waals surface area (Å²) >= 11 is 17.6. The van der Waals surface area contributed by atoms with Gasteiger partial charge in [-0.1, -0.05) is 34.8 Å². The number of halogens is 3. The third-order valence-electron chi connectivity index (χ3n) is 3.78. The van der Waals surface area contributed by atoms with Crippen LogP contribution in [0.25, 0.3) is 0 Å². The lowest BCUT2D eigenvalue weighted by Crippen LogP contribution is -2.39. The molecule has 0 bridgehead atoms. The van der Waals surface area contributed by atoms with Crippen LogP contribution in [0.3, 0.4) is 0 Å². The topological polar surface area (TPSA) is 61.4 Å². The lowest BCUT2D eigenvalue weighted by atomic mass is 10.2. The SMILES string of the molecule is O=C(Nc1ccc(Cl)c(Cl)c1)NC1CC(=O)N(c2ccc(Cl)cc2)C1. The van der Waals surface area contributed by atoms with Crippen molar-refractivity contribution in [3.8, 4) is 0 Å². The first kappa shape index (κ1) is 17.9. The molecule has 1 heterocycles. The van der Waals surface area contributed by atoms with E-state index in [-0.39, 0.29) is 18.4 Å². The maximum Gasteiger partial charge on any atom is 0.319 e. The summed E-state index contributed by atoms with van der Waals surface area (Å²) in [4.78, 5) is 25.9. The number of carbonyl (C=O) groups is 2. The van der Waals surface area contributed by atoms with E-state index < -0.39 is 6.03 Å². The van der Waals surface area contributed by atoms with E-state index in [9.17, 15) is 9.59 Å². The molecule has 0 aromatic heterocycles. The Morgan fingerprint density at radius 2 is 1.76 bits per heavy atom. The summed E-state index contributed by atoms with van der Waals surface area (Å²) in [5, 5.41) is 6.83. The molecule has 3 rings (SSSR count). The zero-order valence-electron chi connectivity index (χ0n) is 12.9. The van der Waals surface area contributed by atoms with Gasteiger partial charge in [0.1, 0.15) is 0 Å². The molecule has 2 N–H and O–H groups in total. The van der Waals surface area contributed by atoms with Crippen LogP contribution in [-0.4, -0.2) is 24.5 Å². The number of urea groups is 1. The lowest BCUT2D eigenvalue weighted by molar-refractivity contribution is -0.117. The Bertz CT molecular complexity index is 811. The van der Waals surface area contributed by atoms with Crippen LogP contribution in [0.15, 0.2) is 42.5 Å². The minimum atomic E-state index is -0.408. The molecule has 130 valence electrons. The zero-order valence-corrected chi connectivity index (χ0v) is 15.2. The van der Waals surface area contributed by atoms with Crippen molar-refractivity contribution in [3.63, 3.8) is 0 Å². The summed E-state index contributed by atoms with van der Waals surface area (Å²) in [5.41, 5.74) is 1.27. The summed E-state index contributed by atoms with van der Waals surface area (Å²) in [7, 11) is 0. The van der Waals surface area contributed by atoms with Crippen LogP contribution in [0, 0.1) is 0 Å². The molecule has 1 saturated heterocycles. The normalized spacial score (nSPS) is 16.8. The summed E-state index contributed by atoms with van der Waals surface area (Å²) in [6.07, 6.45) is 0.234. The van der Waals surface area contributed by atoms with Gasteiger partial charge in [0.05, 0.1) is 16.1 Å². The van der Waals surface area contributed by atoms with Crippen LogP contribution in [0.2, 0.25) is 15.1 Å². The predicted octanol–water partition coefficient (Wildman–Crippen LogP) is 4.57. The number of anilines is 2. The summed E-state index contributed by atoms with van der Waals surface area (Å²) in [5.74, 6) is -0.0536.